The Kier molecular flexibility index (Phi) is 4.68. The Morgan fingerprint density at radius 2 is 2.22 bits per heavy atom. The molecule has 1 fully saturated rings. The summed E-state index contributed by atoms with van der Waals surface area (Å²) in [7, 11) is 1.72. The zero-order valence-corrected chi connectivity index (χ0v) is 12.7. The first-order valence-electron chi connectivity index (χ1n) is 6.68. The van der Waals surface area contributed by atoms with Crippen LogP contribution in [-0.2, 0) is 6.42 Å². The van der Waals surface area contributed by atoms with E-state index in [0.717, 1.165) is 22.6 Å². The topological polar surface area (TPSA) is 35.2 Å². The first-order chi connectivity index (χ1) is 8.60. The number of benzene rings is 1. The Morgan fingerprint density at radius 3 is 2.83 bits per heavy atom. The maximum atomic E-state index is 6.38. The smallest absolute Gasteiger partial charge is 0.122 e. The monoisotopic (exact) mass is 311 g/mol. The maximum absolute atomic E-state index is 6.38. The SMILES string of the molecule is COc1ccc(Br)cc1CC(N)C1CCC(C)C1. The Morgan fingerprint density at radius 1 is 1.44 bits per heavy atom. The van der Waals surface area contributed by atoms with Gasteiger partial charge in [-0.05, 0) is 54.9 Å². The third-order valence-electron chi connectivity index (χ3n) is 4.04. The van der Waals surface area contributed by atoms with E-state index in [1.165, 1.54) is 24.8 Å². The average molecular weight is 312 g/mol. The predicted molar refractivity (Wildman–Crippen MR) is 78.9 cm³/mol. The number of ether oxygens (including phenoxy) is 1. The van der Waals surface area contributed by atoms with Gasteiger partial charge in [-0.2, -0.15) is 0 Å². The Bertz CT molecular complexity index is 407. The fraction of sp³-hybridized carbons (Fsp3) is 0.600. The highest BCUT2D eigenvalue weighted by atomic mass is 79.9. The number of rotatable bonds is 4. The minimum Gasteiger partial charge on any atom is -0.496 e. The number of halogens is 1. The van der Waals surface area contributed by atoms with Crippen LogP contribution in [0, 0.1) is 11.8 Å². The standard InChI is InChI=1S/C15H22BrNO/c1-10-3-4-11(7-10)14(17)9-12-8-13(16)5-6-15(12)18-2/h5-6,8,10-11,14H,3-4,7,9,17H2,1-2H3. The van der Waals surface area contributed by atoms with Gasteiger partial charge in [-0.15, -0.1) is 0 Å². The van der Waals surface area contributed by atoms with Crippen LogP contribution in [0.3, 0.4) is 0 Å². The molecule has 100 valence electrons. The molecular weight excluding hydrogens is 290 g/mol. The second-order valence-corrected chi connectivity index (χ2v) is 6.42. The van der Waals surface area contributed by atoms with Gasteiger partial charge in [0.2, 0.25) is 0 Å². The molecule has 1 aromatic rings. The van der Waals surface area contributed by atoms with E-state index in [2.05, 4.69) is 28.9 Å². The van der Waals surface area contributed by atoms with Crippen molar-refractivity contribution in [2.24, 2.45) is 17.6 Å². The molecular formula is C15H22BrNO. The molecule has 3 atom stereocenters. The summed E-state index contributed by atoms with van der Waals surface area (Å²) in [6.45, 7) is 2.33. The van der Waals surface area contributed by atoms with Crippen molar-refractivity contribution in [2.45, 2.75) is 38.6 Å². The summed E-state index contributed by atoms with van der Waals surface area (Å²) in [5, 5.41) is 0. The molecule has 1 saturated carbocycles. The fourth-order valence-corrected chi connectivity index (χ4v) is 3.38. The number of nitrogens with two attached hydrogens (primary N) is 1. The summed E-state index contributed by atoms with van der Waals surface area (Å²) in [6, 6.07) is 6.38. The number of methoxy groups -OCH3 is 1. The van der Waals surface area contributed by atoms with Crippen LogP contribution in [0.4, 0.5) is 0 Å². The van der Waals surface area contributed by atoms with Gasteiger partial charge in [-0.25, -0.2) is 0 Å². The van der Waals surface area contributed by atoms with Gasteiger partial charge in [0.1, 0.15) is 5.75 Å². The van der Waals surface area contributed by atoms with Crippen LogP contribution in [0.15, 0.2) is 22.7 Å². The Balaban J connectivity index is 2.06. The predicted octanol–water partition coefficient (Wildman–Crippen LogP) is 3.76. The molecule has 0 spiro atoms. The van der Waals surface area contributed by atoms with Crippen LogP contribution in [0.1, 0.15) is 31.7 Å². The number of hydrogen-bond acceptors (Lipinski definition) is 2. The molecule has 0 heterocycles. The third-order valence-corrected chi connectivity index (χ3v) is 4.53. The molecule has 3 heteroatoms. The van der Waals surface area contributed by atoms with Crippen molar-refractivity contribution in [2.75, 3.05) is 7.11 Å². The average Bonchev–Trinajstić information content (AvgIpc) is 2.76. The van der Waals surface area contributed by atoms with Crippen molar-refractivity contribution >= 4 is 15.9 Å². The normalized spacial score (nSPS) is 25.1. The molecule has 1 aliphatic carbocycles. The molecule has 3 unspecified atom stereocenters. The van der Waals surface area contributed by atoms with E-state index < -0.39 is 0 Å². The summed E-state index contributed by atoms with van der Waals surface area (Å²) in [5.74, 6) is 2.45. The van der Waals surface area contributed by atoms with Crippen molar-refractivity contribution in [3.63, 3.8) is 0 Å². The van der Waals surface area contributed by atoms with Crippen LogP contribution in [0.25, 0.3) is 0 Å². The van der Waals surface area contributed by atoms with Crippen molar-refractivity contribution in [3.05, 3.63) is 28.2 Å². The highest BCUT2D eigenvalue weighted by molar-refractivity contribution is 9.10. The van der Waals surface area contributed by atoms with E-state index >= 15 is 0 Å². The van der Waals surface area contributed by atoms with Crippen LogP contribution >= 0.6 is 15.9 Å². The van der Waals surface area contributed by atoms with Crippen molar-refractivity contribution in [1.29, 1.82) is 0 Å². The van der Waals surface area contributed by atoms with E-state index in [4.69, 9.17) is 10.5 Å². The minimum atomic E-state index is 0.248. The van der Waals surface area contributed by atoms with E-state index in [1.54, 1.807) is 7.11 Å². The lowest BCUT2D eigenvalue weighted by molar-refractivity contribution is 0.390. The molecule has 0 saturated heterocycles. The Labute approximate surface area is 118 Å². The Hall–Kier alpha value is -0.540. The highest BCUT2D eigenvalue weighted by Gasteiger charge is 2.27. The molecule has 0 amide bonds. The van der Waals surface area contributed by atoms with Crippen molar-refractivity contribution in [1.82, 2.24) is 0 Å². The van der Waals surface area contributed by atoms with Gasteiger partial charge in [-0.3, -0.25) is 0 Å². The summed E-state index contributed by atoms with van der Waals surface area (Å²) in [5.41, 5.74) is 7.58. The summed E-state index contributed by atoms with van der Waals surface area (Å²) in [6.07, 6.45) is 4.78. The molecule has 0 bridgehead atoms. The quantitative estimate of drug-likeness (QED) is 0.918. The van der Waals surface area contributed by atoms with Crippen molar-refractivity contribution in [3.8, 4) is 5.75 Å². The van der Waals surface area contributed by atoms with E-state index in [-0.39, 0.29) is 6.04 Å². The summed E-state index contributed by atoms with van der Waals surface area (Å²) in [4.78, 5) is 0. The van der Waals surface area contributed by atoms with Crippen LogP contribution in [0.2, 0.25) is 0 Å². The number of hydrogen-bond donors (Lipinski definition) is 1. The van der Waals surface area contributed by atoms with Crippen LogP contribution < -0.4 is 10.5 Å². The minimum absolute atomic E-state index is 0.248. The van der Waals surface area contributed by atoms with E-state index in [0.29, 0.717) is 5.92 Å². The van der Waals surface area contributed by atoms with Gasteiger partial charge >= 0.3 is 0 Å². The molecule has 2 rings (SSSR count). The van der Waals surface area contributed by atoms with Crippen LogP contribution in [-0.4, -0.2) is 13.2 Å². The molecule has 0 aromatic heterocycles. The van der Waals surface area contributed by atoms with Gasteiger partial charge in [-0.1, -0.05) is 29.3 Å². The lowest BCUT2D eigenvalue weighted by Crippen LogP contribution is -2.31. The van der Waals surface area contributed by atoms with Crippen LogP contribution in [0.5, 0.6) is 5.75 Å². The first-order valence-corrected chi connectivity index (χ1v) is 7.47. The maximum Gasteiger partial charge on any atom is 0.122 e. The second-order valence-electron chi connectivity index (χ2n) is 5.50. The van der Waals surface area contributed by atoms with Gasteiger partial charge in [0, 0.05) is 10.5 Å². The molecule has 0 radical (unpaired) electrons. The third kappa shape index (κ3) is 3.27. The van der Waals surface area contributed by atoms with Gasteiger partial charge in [0.05, 0.1) is 7.11 Å². The van der Waals surface area contributed by atoms with Crippen molar-refractivity contribution < 1.29 is 4.74 Å². The molecule has 1 aliphatic rings. The summed E-state index contributed by atoms with van der Waals surface area (Å²) < 4.78 is 6.50. The lowest BCUT2D eigenvalue weighted by atomic mass is 9.92. The highest BCUT2D eigenvalue weighted by Crippen LogP contribution is 2.34. The molecule has 18 heavy (non-hydrogen) atoms. The molecule has 0 aliphatic heterocycles. The largest absolute Gasteiger partial charge is 0.496 e. The zero-order chi connectivity index (χ0) is 13.1. The molecule has 2 N–H and O–H groups in total. The van der Waals surface area contributed by atoms with Gasteiger partial charge in [0.25, 0.3) is 0 Å². The summed E-state index contributed by atoms with van der Waals surface area (Å²) >= 11 is 3.51. The fourth-order valence-electron chi connectivity index (χ4n) is 2.97. The molecule has 1 aromatic carbocycles. The second kappa shape index (κ2) is 6.07. The first kappa shape index (κ1) is 13.9. The zero-order valence-electron chi connectivity index (χ0n) is 11.2. The lowest BCUT2D eigenvalue weighted by Gasteiger charge is -2.20. The van der Waals surface area contributed by atoms with Gasteiger partial charge in [0.15, 0.2) is 0 Å². The van der Waals surface area contributed by atoms with Gasteiger partial charge < -0.3 is 10.5 Å². The van der Waals surface area contributed by atoms with E-state index in [1.807, 2.05) is 12.1 Å². The molecule has 2 nitrogen and oxygen atoms in total. The van der Waals surface area contributed by atoms with E-state index in [9.17, 15) is 0 Å².